The van der Waals surface area contributed by atoms with Crippen molar-refractivity contribution in [1.82, 2.24) is 34.9 Å². The SMILES string of the molecule is COc1ccc(-n2nnnc2C(F)(F)F)cc1CN1C[C@@H]2CN(C(=O)OCc3ccccc3)CCN2[C@H](C(c2ccccc2)c2ccccc2)C1. The van der Waals surface area contributed by atoms with Crippen molar-refractivity contribution in [3.63, 3.8) is 0 Å². The summed E-state index contributed by atoms with van der Waals surface area (Å²) in [5.41, 5.74) is 4.14. The molecule has 7 rings (SSSR count). The van der Waals surface area contributed by atoms with Crippen LogP contribution in [0.4, 0.5) is 18.0 Å². The lowest BCUT2D eigenvalue weighted by Gasteiger charge is -2.53. The van der Waals surface area contributed by atoms with Crippen LogP contribution in [0.25, 0.3) is 5.69 Å². The Kier molecular flexibility index (Phi) is 10.00. The molecule has 2 saturated heterocycles. The summed E-state index contributed by atoms with van der Waals surface area (Å²) in [5.74, 6) is -0.655. The molecule has 1 amide bonds. The highest BCUT2D eigenvalue weighted by atomic mass is 19.4. The summed E-state index contributed by atoms with van der Waals surface area (Å²) in [6, 6.07) is 35.2. The van der Waals surface area contributed by atoms with Crippen molar-refractivity contribution < 1.29 is 27.4 Å². The number of halogens is 3. The third-order valence-corrected chi connectivity index (χ3v) is 9.66. The predicted octanol–water partition coefficient (Wildman–Crippen LogP) is 6.03. The van der Waals surface area contributed by atoms with Crippen LogP contribution in [-0.4, -0.2) is 92.9 Å². The number of hydrogen-bond acceptors (Lipinski definition) is 8. The molecule has 0 spiro atoms. The minimum Gasteiger partial charge on any atom is -0.496 e. The number of hydrogen-bond donors (Lipinski definition) is 0. The first-order chi connectivity index (χ1) is 24.8. The van der Waals surface area contributed by atoms with Gasteiger partial charge >= 0.3 is 12.3 Å². The lowest BCUT2D eigenvalue weighted by Crippen LogP contribution is -2.67. The molecule has 0 bridgehead atoms. The number of piperazine rings is 2. The topological polar surface area (TPSA) is 88.8 Å². The van der Waals surface area contributed by atoms with Crippen LogP contribution in [-0.2, 0) is 24.1 Å². The van der Waals surface area contributed by atoms with Gasteiger partial charge in [-0.1, -0.05) is 91.0 Å². The largest absolute Gasteiger partial charge is 0.496 e. The molecule has 51 heavy (non-hydrogen) atoms. The van der Waals surface area contributed by atoms with Crippen molar-refractivity contribution in [2.24, 2.45) is 0 Å². The summed E-state index contributed by atoms with van der Waals surface area (Å²) in [7, 11) is 1.54. The standard InChI is InChI=1S/C38H38F3N7O3/c1-50-34-18-17-31(48-36(38(39,40)41)42-43-44-48)21-30(34)22-45-23-32-24-46(37(49)51-26-27-11-5-2-6-12-27)19-20-47(32)33(25-45)35(28-13-7-3-8-14-28)29-15-9-4-10-16-29/h2-18,21,32-33,35H,19-20,22-26H2,1H3/t32-,33+/m1/s1. The molecule has 2 atom stereocenters. The van der Waals surface area contributed by atoms with Gasteiger partial charge in [0.25, 0.3) is 5.82 Å². The highest BCUT2D eigenvalue weighted by Crippen LogP contribution is 2.37. The summed E-state index contributed by atoms with van der Waals surface area (Å²) in [6.07, 6.45) is -5.09. The van der Waals surface area contributed by atoms with Gasteiger partial charge in [-0.3, -0.25) is 9.80 Å². The number of nitrogens with zero attached hydrogens (tertiary/aromatic N) is 7. The van der Waals surface area contributed by atoms with E-state index < -0.39 is 12.0 Å². The Morgan fingerprint density at radius 2 is 1.53 bits per heavy atom. The van der Waals surface area contributed by atoms with Gasteiger partial charge in [-0.2, -0.15) is 17.9 Å². The minimum atomic E-state index is -4.73. The van der Waals surface area contributed by atoms with E-state index in [2.05, 4.69) is 73.9 Å². The maximum atomic E-state index is 13.7. The van der Waals surface area contributed by atoms with Gasteiger partial charge in [0.05, 0.1) is 12.8 Å². The maximum Gasteiger partial charge on any atom is 0.453 e. The molecule has 0 aliphatic carbocycles. The average molecular weight is 698 g/mol. The van der Waals surface area contributed by atoms with E-state index in [-0.39, 0.29) is 36.4 Å². The fraction of sp³-hybridized carbons (Fsp3) is 0.316. The molecule has 0 N–H and O–H groups in total. The normalized spacial score (nSPS) is 18.4. The first-order valence-electron chi connectivity index (χ1n) is 16.8. The highest BCUT2D eigenvalue weighted by Gasteiger charge is 2.44. The number of carbonyl (C=O) groups excluding carboxylic acids is 1. The number of alkyl halides is 3. The van der Waals surface area contributed by atoms with Crippen molar-refractivity contribution in [3.05, 3.63) is 137 Å². The van der Waals surface area contributed by atoms with E-state index in [9.17, 15) is 18.0 Å². The smallest absolute Gasteiger partial charge is 0.453 e. The van der Waals surface area contributed by atoms with E-state index in [0.717, 1.165) is 5.56 Å². The number of ether oxygens (including phenoxy) is 2. The molecule has 13 heteroatoms. The molecule has 1 aromatic heterocycles. The fourth-order valence-corrected chi connectivity index (χ4v) is 7.37. The van der Waals surface area contributed by atoms with Gasteiger partial charge in [0, 0.05) is 62.8 Å². The number of fused-ring (bicyclic) bond motifs is 1. The number of benzene rings is 4. The van der Waals surface area contributed by atoms with Gasteiger partial charge in [0.2, 0.25) is 0 Å². The van der Waals surface area contributed by atoms with Crippen LogP contribution in [0, 0.1) is 0 Å². The number of amides is 1. The number of rotatable bonds is 9. The Balaban J connectivity index is 1.21. The van der Waals surface area contributed by atoms with Gasteiger partial charge in [-0.25, -0.2) is 4.79 Å². The summed E-state index contributed by atoms with van der Waals surface area (Å²) < 4.78 is 53.3. The van der Waals surface area contributed by atoms with Crippen molar-refractivity contribution >= 4 is 6.09 Å². The Bertz CT molecular complexity index is 1870. The third kappa shape index (κ3) is 7.59. The molecule has 2 aliphatic heterocycles. The zero-order valence-electron chi connectivity index (χ0n) is 28.1. The van der Waals surface area contributed by atoms with Crippen molar-refractivity contribution in [1.29, 1.82) is 0 Å². The predicted molar refractivity (Wildman–Crippen MR) is 183 cm³/mol. The van der Waals surface area contributed by atoms with Crippen LogP contribution in [0.2, 0.25) is 0 Å². The Morgan fingerprint density at radius 1 is 0.863 bits per heavy atom. The van der Waals surface area contributed by atoms with Gasteiger partial charge < -0.3 is 14.4 Å². The van der Waals surface area contributed by atoms with Crippen molar-refractivity contribution in [2.75, 3.05) is 39.8 Å². The van der Waals surface area contributed by atoms with Crippen molar-refractivity contribution in [2.45, 2.75) is 37.3 Å². The molecular weight excluding hydrogens is 659 g/mol. The van der Waals surface area contributed by atoms with E-state index in [4.69, 9.17) is 9.47 Å². The summed E-state index contributed by atoms with van der Waals surface area (Å²) in [5, 5.41) is 10.1. The molecule has 0 unspecified atom stereocenters. The van der Waals surface area contributed by atoms with Crippen LogP contribution in [0.3, 0.4) is 0 Å². The van der Waals surface area contributed by atoms with Crippen LogP contribution >= 0.6 is 0 Å². The van der Waals surface area contributed by atoms with E-state index >= 15 is 0 Å². The van der Waals surface area contributed by atoms with E-state index in [0.29, 0.717) is 55.3 Å². The van der Waals surface area contributed by atoms with Crippen molar-refractivity contribution in [3.8, 4) is 11.4 Å². The number of methoxy groups -OCH3 is 1. The molecule has 0 saturated carbocycles. The van der Waals surface area contributed by atoms with Crippen LogP contribution in [0.1, 0.15) is 34.0 Å². The fourth-order valence-electron chi connectivity index (χ4n) is 7.37. The Labute approximate surface area is 294 Å². The Hall–Kier alpha value is -5.27. The minimum absolute atomic E-state index is 0.0121. The second kappa shape index (κ2) is 14.9. The van der Waals surface area contributed by atoms with Gasteiger partial charge in [-0.05, 0) is 45.3 Å². The molecule has 4 aromatic carbocycles. The number of tetrazole rings is 1. The van der Waals surface area contributed by atoms with E-state index in [1.807, 2.05) is 42.5 Å². The maximum absolute atomic E-state index is 13.7. The molecule has 0 radical (unpaired) electrons. The van der Waals surface area contributed by atoms with Gasteiger partial charge in [0.1, 0.15) is 12.4 Å². The zero-order valence-corrected chi connectivity index (χ0v) is 28.1. The van der Waals surface area contributed by atoms with E-state index in [1.54, 1.807) is 17.0 Å². The van der Waals surface area contributed by atoms with Gasteiger partial charge in [-0.15, -0.1) is 5.10 Å². The van der Waals surface area contributed by atoms with Crippen LogP contribution < -0.4 is 4.74 Å². The second-order valence-electron chi connectivity index (χ2n) is 12.8. The summed E-state index contributed by atoms with van der Waals surface area (Å²) in [6.45, 7) is 3.51. The Morgan fingerprint density at radius 3 is 2.18 bits per heavy atom. The van der Waals surface area contributed by atoms with Crippen LogP contribution in [0.15, 0.2) is 109 Å². The molecular formula is C38H38F3N7O3. The molecule has 5 aromatic rings. The van der Waals surface area contributed by atoms with E-state index in [1.165, 1.54) is 24.3 Å². The highest BCUT2D eigenvalue weighted by molar-refractivity contribution is 5.68. The van der Waals surface area contributed by atoms with Crippen LogP contribution in [0.5, 0.6) is 5.75 Å². The third-order valence-electron chi connectivity index (χ3n) is 9.66. The molecule has 10 nitrogen and oxygen atoms in total. The molecule has 2 fully saturated rings. The quantitative estimate of drug-likeness (QED) is 0.185. The lowest BCUT2D eigenvalue weighted by atomic mass is 9.81. The number of carbonyl (C=O) groups is 1. The molecule has 2 aliphatic rings. The number of aromatic nitrogens is 4. The lowest BCUT2D eigenvalue weighted by molar-refractivity contribution is -0.146. The average Bonchev–Trinajstić information content (AvgIpc) is 3.67. The zero-order chi connectivity index (χ0) is 35.4. The van der Waals surface area contributed by atoms with Gasteiger partial charge in [0.15, 0.2) is 0 Å². The first kappa shape index (κ1) is 34.2. The monoisotopic (exact) mass is 697 g/mol. The molecule has 264 valence electrons. The summed E-state index contributed by atoms with van der Waals surface area (Å²) in [4.78, 5) is 20.0. The second-order valence-corrected chi connectivity index (χ2v) is 12.8. The molecule has 3 heterocycles. The first-order valence-corrected chi connectivity index (χ1v) is 16.8. The summed E-state index contributed by atoms with van der Waals surface area (Å²) >= 11 is 0.